The van der Waals surface area contributed by atoms with E-state index in [2.05, 4.69) is 21.3 Å². The van der Waals surface area contributed by atoms with E-state index >= 15 is 4.39 Å². The summed E-state index contributed by atoms with van der Waals surface area (Å²) in [6, 6.07) is 20.3. The van der Waals surface area contributed by atoms with Crippen molar-refractivity contribution in [3.63, 3.8) is 0 Å². The van der Waals surface area contributed by atoms with E-state index in [9.17, 15) is 28.8 Å². The Morgan fingerprint density at radius 1 is 0.868 bits per heavy atom. The molecule has 4 aliphatic heterocycles. The average molecular weight is 963 g/mol. The van der Waals surface area contributed by atoms with Crippen molar-refractivity contribution in [2.45, 2.75) is 106 Å². The number of imidazole rings is 1. The van der Waals surface area contributed by atoms with Crippen LogP contribution < -0.4 is 31.7 Å². The predicted molar refractivity (Wildman–Crippen MR) is 254 cm³/mol. The second-order valence-corrected chi connectivity index (χ2v) is 20.5. The largest absolute Gasteiger partial charge is 0.488 e. The molecule has 3 spiro atoms. The van der Waals surface area contributed by atoms with E-state index in [4.69, 9.17) is 27.9 Å². The van der Waals surface area contributed by atoms with Gasteiger partial charge in [0.15, 0.2) is 0 Å². The summed E-state index contributed by atoms with van der Waals surface area (Å²) in [5.74, 6) is -2.81. The van der Waals surface area contributed by atoms with Crippen LogP contribution in [0.15, 0.2) is 83.7 Å². The Bertz CT molecular complexity index is 3000. The van der Waals surface area contributed by atoms with E-state index in [1.807, 2.05) is 17.0 Å². The number of rotatable bonds is 7. The highest BCUT2D eigenvalue weighted by Crippen LogP contribution is 2.63. The molecule has 5 fully saturated rings. The minimum atomic E-state index is -1.36. The molecule has 1 unspecified atom stereocenters. The molecular weight excluding hydrogens is 913 g/mol. The Morgan fingerprint density at radius 3 is 2.34 bits per heavy atom. The van der Waals surface area contributed by atoms with Crippen LogP contribution in [0, 0.1) is 11.2 Å². The van der Waals surface area contributed by atoms with Crippen LogP contribution in [0.25, 0.3) is 11.0 Å². The van der Waals surface area contributed by atoms with Gasteiger partial charge in [0.25, 0.3) is 5.91 Å². The summed E-state index contributed by atoms with van der Waals surface area (Å²) in [4.78, 5) is 83.0. The third kappa shape index (κ3) is 6.89. The number of fused-ring (bicyclic) bond motifs is 4. The van der Waals surface area contributed by atoms with Crippen molar-refractivity contribution in [3.05, 3.63) is 122 Å². The van der Waals surface area contributed by atoms with Crippen LogP contribution in [0.1, 0.15) is 104 Å². The van der Waals surface area contributed by atoms with E-state index < -0.39 is 46.6 Å². The van der Waals surface area contributed by atoms with Gasteiger partial charge in [0, 0.05) is 60.0 Å². The fourth-order valence-corrected chi connectivity index (χ4v) is 13.2. The van der Waals surface area contributed by atoms with Crippen molar-refractivity contribution in [1.82, 2.24) is 24.7 Å². The highest BCUT2D eigenvalue weighted by molar-refractivity contribution is 6.31. The minimum Gasteiger partial charge on any atom is -0.488 e. The van der Waals surface area contributed by atoms with E-state index in [0.717, 1.165) is 44.9 Å². The third-order valence-corrected chi connectivity index (χ3v) is 16.5. The van der Waals surface area contributed by atoms with Crippen molar-refractivity contribution in [2.75, 3.05) is 23.7 Å². The number of nitrogens with zero attached hydrogens (tertiary/aromatic N) is 3. The van der Waals surface area contributed by atoms with E-state index in [-0.39, 0.29) is 58.4 Å². The lowest BCUT2D eigenvalue weighted by Crippen LogP contribution is -2.60. The van der Waals surface area contributed by atoms with E-state index in [0.29, 0.717) is 70.2 Å². The summed E-state index contributed by atoms with van der Waals surface area (Å²) in [6.07, 6.45) is 7.34. The minimum absolute atomic E-state index is 0.0250. The lowest BCUT2D eigenvalue weighted by Gasteiger charge is -2.51. The van der Waals surface area contributed by atoms with Crippen molar-refractivity contribution in [1.29, 1.82) is 0 Å². The second-order valence-electron chi connectivity index (χ2n) is 19.6. The third-order valence-electron chi connectivity index (χ3n) is 16.0. The maximum atomic E-state index is 16.3. The highest BCUT2D eigenvalue weighted by atomic mass is 35.5. The molecule has 17 heteroatoms. The number of piperidine rings is 2. The van der Waals surface area contributed by atoms with Gasteiger partial charge in [0.1, 0.15) is 28.5 Å². The number of nitrogens with one attached hydrogen (secondary N) is 4. The summed E-state index contributed by atoms with van der Waals surface area (Å²) < 4.78 is 25.8. The zero-order chi connectivity index (χ0) is 47.3. The fourth-order valence-electron chi connectivity index (χ4n) is 12.8. The van der Waals surface area contributed by atoms with Crippen molar-refractivity contribution < 1.29 is 33.1 Å². The smallest absolute Gasteiger partial charge is 0.329 e. The van der Waals surface area contributed by atoms with Gasteiger partial charge in [-0.05, 0) is 116 Å². The van der Waals surface area contributed by atoms with Crippen LogP contribution in [-0.4, -0.2) is 74.3 Å². The maximum absolute atomic E-state index is 16.3. The molecule has 14 nitrogen and oxygen atoms in total. The van der Waals surface area contributed by atoms with Gasteiger partial charge in [-0.25, -0.2) is 9.18 Å². The molecule has 2 aliphatic carbocycles. The highest BCUT2D eigenvalue weighted by Gasteiger charge is 2.72. The van der Waals surface area contributed by atoms with Gasteiger partial charge in [0.2, 0.25) is 23.6 Å². The number of benzene rings is 4. The van der Waals surface area contributed by atoms with Crippen LogP contribution in [0.5, 0.6) is 5.75 Å². The summed E-state index contributed by atoms with van der Waals surface area (Å²) >= 11 is 12.8. The van der Waals surface area contributed by atoms with Crippen molar-refractivity contribution in [3.8, 4) is 5.75 Å². The molecule has 352 valence electrons. The molecule has 0 radical (unpaired) electrons. The number of ether oxygens (including phenoxy) is 1. The first-order chi connectivity index (χ1) is 32.7. The number of aromatic nitrogens is 2. The Labute approximate surface area is 400 Å². The van der Waals surface area contributed by atoms with Crippen LogP contribution >= 0.6 is 23.2 Å². The number of imide groups is 1. The Morgan fingerprint density at radius 2 is 1.60 bits per heavy atom. The molecule has 11 rings (SSSR count). The molecule has 4 atom stereocenters. The number of halogens is 3. The molecule has 4 N–H and O–H groups in total. The molecule has 1 aromatic heterocycles. The first kappa shape index (κ1) is 44.5. The number of hydrogen-bond donors (Lipinski definition) is 4. The van der Waals surface area contributed by atoms with Crippen LogP contribution in [0.2, 0.25) is 10.0 Å². The number of amides is 5. The average Bonchev–Trinajstić information content (AvgIpc) is 3.87. The number of likely N-dealkylation sites (tertiary alicyclic amines) is 1. The SMILES string of the molecule is Cn1c(=O)n(C2CCC(=O)NC2=O)c2cccc(OC3CC4(CCN(C(=O)c5ccc(NC(=O)[C@@H]6NC7(CCCCC7)[C@@]7(C(=O)Nc8cc(Cl)ccc87)[C@H]6c6cccc(Cl)c6F)cc5)CC4)C3)c21. The zero-order valence-corrected chi connectivity index (χ0v) is 38.9. The summed E-state index contributed by atoms with van der Waals surface area (Å²) in [6.45, 7) is 1.15. The second kappa shape index (κ2) is 16.6. The van der Waals surface area contributed by atoms with Crippen LogP contribution in [0.4, 0.5) is 15.8 Å². The fraction of sp³-hybridized carbons (Fsp3) is 0.412. The first-order valence-corrected chi connectivity index (χ1v) is 24.2. The number of para-hydroxylation sites is 1. The molecule has 5 aromatic rings. The van der Waals surface area contributed by atoms with E-state index in [1.165, 1.54) is 15.2 Å². The lowest BCUT2D eigenvalue weighted by atomic mass is 9.55. The molecule has 68 heavy (non-hydrogen) atoms. The van der Waals surface area contributed by atoms with Gasteiger partial charge in [-0.3, -0.25) is 43.7 Å². The Hall–Kier alpha value is -6.03. The van der Waals surface area contributed by atoms with Crippen LogP contribution in [-0.2, 0) is 31.6 Å². The number of carbonyl (C=O) groups is 5. The van der Waals surface area contributed by atoms with Gasteiger partial charge >= 0.3 is 5.69 Å². The van der Waals surface area contributed by atoms with Gasteiger partial charge in [0.05, 0.1) is 22.7 Å². The van der Waals surface area contributed by atoms with Crippen LogP contribution in [0.3, 0.4) is 0 Å². The van der Waals surface area contributed by atoms with Gasteiger partial charge < -0.3 is 20.3 Å². The maximum Gasteiger partial charge on any atom is 0.329 e. The molecule has 4 aromatic carbocycles. The molecule has 6 aliphatic rings. The summed E-state index contributed by atoms with van der Waals surface area (Å²) in [7, 11) is 1.66. The van der Waals surface area contributed by atoms with Gasteiger partial charge in [-0.1, -0.05) is 66.7 Å². The molecular formula is C51H50Cl2FN7O7. The molecule has 3 saturated heterocycles. The normalized spacial score (nSPS) is 25.1. The predicted octanol–water partition coefficient (Wildman–Crippen LogP) is 7.51. The summed E-state index contributed by atoms with van der Waals surface area (Å²) in [5.41, 5.74) is 0.908. The molecule has 2 saturated carbocycles. The quantitative estimate of drug-likeness (QED) is 0.121. The Balaban J connectivity index is 0.765. The summed E-state index contributed by atoms with van der Waals surface area (Å²) in [5, 5.41) is 12.4. The lowest BCUT2D eigenvalue weighted by molar-refractivity contribution is -0.135. The topological polar surface area (TPSA) is 173 Å². The van der Waals surface area contributed by atoms with E-state index in [1.54, 1.807) is 67.7 Å². The standard InChI is InChI=1S/C51H50Cl2FN7O7/c1-59-43-36(61(48(59)67)37-17-18-39(62)57-44(37)63)9-6-10-38(43)68-31-26-49(27-31)21-23-60(24-22-49)46(65)28-11-14-30(15-12-28)55-45(64)42-40(32-7-5-8-34(53)41(32)54)51(50(58-42)19-3-2-4-20-50)33-16-13-29(52)25-35(33)56-47(51)66/h5-16,25,31,37,40,42,58H,2-4,17-24,26-27H2,1H3,(H,55,64)(H,56,66)(H,57,62,63)/t37?,40-,42+,51+/m0/s1. The van der Waals surface area contributed by atoms with Gasteiger partial charge in [-0.15, -0.1) is 0 Å². The molecule has 5 amide bonds. The monoisotopic (exact) mass is 961 g/mol. The Kier molecular flexibility index (Phi) is 10.8. The zero-order valence-electron chi connectivity index (χ0n) is 37.3. The molecule has 0 bridgehead atoms. The number of hydrogen-bond acceptors (Lipinski definition) is 8. The van der Waals surface area contributed by atoms with Crippen molar-refractivity contribution in [2.24, 2.45) is 12.5 Å². The molecule has 5 heterocycles. The number of carbonyl (C=O) groups excluding carboxylic acids is 5. The van der Waals surface area contributed by atoms with Crippen molar-refractivity contribution >= 4 is 75.1 Å². The first-order valence-electron chi connectivity index (χ1n) is 23.5. The number of anilines is 2. The van der Waals surface area contributed by atoms with Gasteiger partial charge in [-0.2, -0.15) is 0 Å². The number of aryl methyl sites for hydroxylation is 1.